The summed E-state index contributed by atoms with van der Waals surface area (Å²) in [4.78, 5) is 24.9. The molecule has 0 bridgehead atoms. The van der Waals surface area contributed by atoms with Crippen molar-refractivity contribution >= 4 is 50.5 Å². The fourth-order valence-corrected chi connectivity index (χ4v) is 6.98. The molecular weight excluding hydrogens is 609 g/mol. The number of sulfonamides is 1. The summed E-state index contributed by atoms with van der Waals surface area (Å²) in [5.74, 6) is -0.828. The lowest BCUT2D eigenvalue weighted by Gasteiger charge is -2.35. The normalized spacial score (nSPS) is 19.9. The summed E-state index contributed by atoms with van der Waals surface area (Å²) < 4.78 is 67.0. The van der Waals surface area contributed by atoms with Gasteiger partial charge in [-0.3, -0.25) is 9.52 Å². The SMILES string of the molecule is O=C(c1cc(Cl)ccc1NS(=O)(=O)CC(F)(F)F)N1CCCC[C@@H]1c1cc2nc(N3CCC3)cc(N3CCNCC3)n2n1. The number of carbonyl (C=O) groups is 1. The number of likely N-dealkylation sites (tertiary alicyclic amines) is 1. The summed E-state index contributed by atoms with van der Waals surface area (Å²) in [7, 11) is -4.83. The zero-order valence-corrected chi connectivity index (χ0v) is 24.8. The molecule has 2 aromatic heterocycles. The van der Waals surface area contributed by atoms with Gasteiger partial charge in [0.25, 0.3) is 5.91 Å². The highest BCUT2D eigenvalue weighted by atomic mass is 35.5. The number of hydrogen-bond donors (Lipinski definition) is 2. The van der Waals surface area contributed by atoms with Crippen LogP contribution in [0.2, 0.25) is 5.02 Å². The van der Waals surface area contributed by atoms with Crippen LogP contribution < -0.4 is 19.8 Å². The molecule has 3 aliphatic rings. The van der Waals surface area contributed by atoms with Crippen molar-refractivity contribution in [1.82, 2.24) is 24.8 Å². The molecule has 3 saturated heterocycles. The van der Waals surface area contributed by atoms with Crippen molar-refractivity contribution in [3.8, 4) is 0 Å². The van der Waals surface area contributed by atoms with Crippen LogP contribution in [0.1, 0.15) is 47.8 Å². The largest absolute Gasteiger partial charge is 0.404 e. The number of rotatable bonds is 7. The first kappa shape index (κ1) is 29.8. The van der Waals surface area contributed by atoms with Gasteiger partial charge in [0.2, 0.25) is 10.0 Å². The van der Waals surface area contributed by atoms with Crippen molar-refractivity contribution in [3.05, 3.63) is 46.6 Å². The average molecular weight is 641 g/mol. The van der Waals surface area contributed by atoms with Crippen molar-refractivity contribution in [3.63, 3.8) is 0 Å². The van der Waals surface area contributed by atoms with Gasteiger partial charge in [-0.25, -0.2) is 13.4 Å². The Labute approximate surface area is 252 Å². The number of carbonyl (C=O) groups excluding carboxylic acids is 1. The molecular formula is C27H32ClF3N8O3S. The summed E-state index contributed by atoms with van der Waals surface area (Å²) in [5.41, 5.74) is 0.904. The van der Waals surface area contributed by atoms with Gasteiger partial charge < -0.3 is 20.0 Å². The lowest BCUT2D eigenvalue weighted by Crippen LogP contribution is -2.44. The molecule has 3 fully saturated rings. The highest BCUT2D eigenvalue weighted by molar-refractivity contribution is 7.92. The Kier molecular flexibility index (Phi) is 8.07. The second-order valence-corrected chi connectivity index (χ2v) is 13.2. The van der Waals surface area contributed by atoms with Gasteiger partial charge in [0.05, 0.1) is 23.0 Å². The minimum absolute atomic E-state index is 0.131. The number of benzene rings is 1. The van der Waals surface area contributed by atoms with Gasteiger partial charge in [0.15, 0.2) is 11.4 Å². The quantitative estimate of drug-likeness (QED) is 0.402. The molecule has 5 heterocycles. The molecule has 0 aliphatic carbocycles. The summed E-state index contributed by atoms with van der Waals surface area (Å²) >= 11 is 6.17. The Morgan fingerprint density at radius 3 is 2.49 bits per heavy atom. The van der Waals surface area contributed by atoms with Gasteiger partial charge >= 0.3 is 6.18 Å². The van der Waals surface area contributed by atoms with E-state index in [4.69, 9.17) is 21.7 Å². The van der Waals surface area contributed by atoms with Crippen LogP contribution in [0.4, 0.5) is 30.5 Å². The summed E-state index contributed by atoms with van der Waals surface area (Å²) in [6.45, 7) is 5.53. The molecule has 1 atom stereocenters. The first-order valence-electron chi connectivity index (χ1n) is 14.3. The van der Waals surface area contributed by atoms with Crippen LogP contribution in [-0.4, -0.2) is 91.6 Å². The zero-order chi connectivity index (χ0) is 30.4. The number of piperidine rings is 1. The number of nitrogens with zero attached hydrogens (tertiary/aromatic N) is 6. The maximum atomic E-state index is 14.0. The molecule has 16 heteroatoms. The van der Waals surface area contributed by atoms with Gasteiger partial charge in [0, 0.05) is 63.0 Å². The molecule has 0 radical (unpaired) electrons. The number of alkyl halides is 3. The third-order valence-corrected chi connectivity index (χ3v) is 9.44. The summed E-state index contributed by atoms with van der Waals surface area (Å²) in [6.07, 6.45) is -1.70. The van der Waals surface area contributed by atoms with Crippen LogP contribution in [0.25, 0.3) is 5.65 Å². The number of anilines is 3. The molecule has 3 aromatic rings. The number of aromatic nitrogens is 3. The number of hydrogen-bond acceptors (Lipinski definition) is 8. The van der Waals surface area contributed by atoms with Crippen molar-refractivity contribution in [2.45, 2.75) is 37.9 Å². The fourth-order valence-electron chi connectivity index (χ4n) is 5.79. The van der Waals surface area contributed by atoms with Gasteiger partial charge in [-0.2, -0.15) is 22.8 Å². The van der Waals surface area contributed by atoms with E-state index in [1.807, 2.05) is 15.3 Å². The van der Waals surface area contributed by atoms with Crippen molar-refractivity contribution in [2.75, 3.05) is 66.1 Å². The smallest absolute Gasteiger partial charge is 0.356 e. The number of amides is 1. The van der Waals surface area contributed by atoms with Crippen molar-refractivity contribution in [2.24, 2.45) is 0 Å². The van der Waals surface area contributed by atoms with Crippen LogP contribution in [0.3, 0.4) is 0 Å². The number of fused-ring (bicyclic) bond motifs is 1. The predicted molar refractivity (Wildman–Crippen MR) is 157 cm³/mol. The maximum absolute atomic E-state index is 14.0. The predicted octanol–water partition coefficient (Wildman–Crippen LogP) is 3.67. The Balaban J connectivity index is 1.35. The average Bonchev–Trinajstić information content (AvgIpc) is 3.35. The van der Waals surface area contributed by atoms with Crippen LogP contribution in [0, 0.1) is 0 Å². The standard InChI is InChI=1S/C27H32ClF3N8O3S/c28-18-5-6-20(35-43(41,42)17-27(29,30)31)19(14-18)26(40)38-11-2-1-4-22(38)21-15-24-33-23(36-9-3-10-36)16-25(39(24)34-21)37-12-7-32-8-13-37/h5-6,14-16,22,32,35H,1-4,7-13,17H2/t22-/m1/s1. The number of halogens is 4. The second-order valence-electron chi connectivity index (χ2n) is 11.1. The molecule has 6 rings (SSSR count). The zero-order valence-electron chi connectivity index (χ0n) is 23.3. The molecule has 232 valence electrons. The molecule has 2 N–H and O–H groups in total. The van der Waals surface area contributed by atoms with E-state index in [1.165, 1.54) is 18.2 Å². The fraction of sp³-hybridized carbons (Fsp3) is 0.519. The van der Waals surface area contributed by atoms with E-state index in [2.05, 4.69) is 21.2 Å². The van der Waals surface area contributed by atoms with E-state index >= 15 is 0 Å². The van der Waals surface area contributed by atoms with E-state index in [-0.39, 0.29) is 16.3 Å². The monoisotopic (exact) mass is 640 g/mol. The number of piperazine rings is 1. The van der Waals surface area contributed by atoms with Crippen LogP contribution >= 0.6 is 11.6 Å². The minimum Gasteiger partial charge on any atom is -0.356 e. The van der Waals surface area contributed by atoms with E-state index < -0.39 is 33.9 Å². The van der Waals surface area contributed by atoms with E-state index in [9.17, 15) is 26.4 Å². The maximum Gasteiger partial charge on any atom is 0.404 e. The van der Waals surface area contributed by atoms with Crippen molar-refractivity contribution in [1.29, 1.82) is 0 Å². The third kappa shape index (κ3) is 6.48. The Hall–Kier alpha value is -3.30. The topological polar surface area (TPSA) is 115 Å². The molecule has 1 aromatic carbocycles. The van der Waals surface area contributed by atoms with Gasteiger partial charge in [-0.15, -0.1) is 0 Å². The third-order valence-electron chi connectivity index (χ3n) is 7.97. The molecule has 0 saturated carbocycles. The van der Waals surface area contributed by atoms with E-state index in [1.54, 1.807) is 4.90 Å². The first-order chi connectivity index (χ1) is 20.5. The first-order valence-corrected chi connectivity index (χ1v) is 16.3. The van der Waals surface area contributed by atoms with E-state index in [0.29, 0.717) is 30.7 Å². The minimum atomic E-state index is -4.95. The van der Waals surface area contributed by atoms with E-state index in [0.717, 1.165) is 63.7 Å². The number of nitrogens with one attached hydrogen (secondary N) is 2. The Morgan fingerprint density at radius 1 is 1.02 bits per heavy atom. The summed E-state index contributed by atoms with van der Waals surface area (Å²) in [5, 5.41) is 8.45. The van der Waals surface area contributed by atoms with Crippen LogP contribution in [-0.2, 0) is 10.0 Å². The molecule has 0 unspecified atom stereocenters. The Bertz CT molecular complexity index is 1620. The highest BCUT2D eigenvalue weighted by Crippen LogP contribution is 2.35. The second kappa shape index (κ2) is 11.7. The Morgan fingerprint density at radius 2 is 1.79 bits per heavy atom. The van der Waals surface area contributed by atoms with Gasteiger partial charge in [-0.05, 0) is 43.9 Å². The van der Waals surface area contributed by atoms with Crippen LogP contribution in [0.5, 0.6) is 0 Å². The lowest BCUT2D eigenvalue weighted by molar-refractivity contribution is -0.106. The van der Waals surface area contributed by atoms with Gasteiger partial charge in [-0.1, -0.05) is 11.6 Å². The highest BCUT2D eigenvalue weighted by Gasteiger charge is 2.37. The molecule has 1 amide bonds. The molecule has 3 aliphatic heterocycles. The molecule has 11 nitrogen and oxygen atoms in total. The molecule has 43 heavy (non-hydrogen) atoms. The van der Waals surface area contributed by atoms with Crippen LogP contribution in [0.15, 0.2) is 30.3 Å². The molecule has 0 spiro atoms. The lowest BCUT2D eigenvalue weighted by atomic mass is 9.98. The summed E-state index contributed by atoms with van der Waals surface area (Å²) in [6, 6.07) is 7.28. The van der Waals surface area contributed by atoms with Crippen molar-refractivity contribution < 1.29 is 26.4 Å². The van der Waals surface area contributed by atoms with Gasteiger partial charge in [0.1, 0.15) is 11.6 Å².